The first-order chi connectivity index (χ1) is 14.2. The van der Waals surface area contributed by atoms with E-state index in [4.69, 9.17) is 10.2 Å². The first kappa shape index (κ1) is 22.0. The van der Waals surface area contributed by atoms with Gasteiger partial charge in [0.15, 0.2) is 5.78 Å². The number of ketones is 1. The van der Waals surface area contributed by atoms with Crippen LogP contribution in [-0.2, 0) is 13.6 Å². The van der Waals surface area contributed by atoms with Crippen LogP contribution in [0.15, 0.2) is 48.0 Å². The molecule has 1 aromatic carbocycles. The molecule has 0 atom stereocenters. The average molecular weight is 494 g/mol. The third-order valence-electron chi connectivity index (χ3n) is 4.25. The van der Waals surface area contributed by atoms with Gasteiger partial charge in [0.1, 0.15) is 11.4 Å². The Kier molecular flexibility index (Phi) is 6.61. The molecule has 0 amide bonds. The highest BCUT2D eigenvalue weighted by molar-refractivity contribution is 9.10. The SMILES string of the molecule is CC(C)Cn1c(N)c(C(=O)CSc2nnc(-c3ccccc3Br)o2)c(=O)n(C)c1=O. The maximum absolute atomic E-state index is 12.8. The molecule has 2 aromatic heterocycles. The lowest BCUT2D eigenvalue weighted by molar-refractivity contribution is 0.102. The molecule has 0 saturated heterocycles. The third-order valence-corrected chi connectivity index (χ3v) is 5.76. The average Bonchev–Trinajstić information content (AvgIpc) is 3.17. The minimum Gasteiger partial charge on any atom is -0.411 e. The van der Waals surface area contributed by atoms with Gasteiger partial charge in [0, 0.05) is 18.1 Å². The fraction of sp³-hybridized carbons (Fsp3) is 0.316. The van der Waals surface area contributed by atoms with E-state index in [1.54, 1.807) is 0 Å². The van der Waals surface area contributed by atoms with Crippen LogP contribution in [-0.4, -0.2) is 30.9 Å². The topological polar surface area (TPSA) is 126 Å². The molecule has 11 heteroatoms. The number of benzene rings is 1. The Balaban J connectivity index is 1.84. The van der Waals surface area contributed by atoms with Gasteiger partial charge in [-0.3, -0.25) is 18.7 Å². The molecule has 3 aromatic rings. The second kappa shape index (κ2) is 9.00. The van der Waals surface area contributed by atoms with Crippen LogP contribution in [0.2, 0.25) is 0 Å². The van der Waals surface area contributed by atoms with Crippen LogP contribution in [0.4, 0.5) is 5.82 Å². The number of carbonyl (C=O) groups excluding carboxylic acids is 1. The summed E-state index contributed by atoms with van der Waals surface area (Å²) in [5.74, 6) is -0.373. The first-order valence-corrected chi connectivity index (χ1v) is 10.8. The number of Topliss-reactive ketones (excluding diaryl/α,β-unsaturated/α-hetero) is 1. The van der Waals surface area contributed by atoms with Crippen LogP contribution in [0.3, 0.4) is 0 Å². The van der Waals surface area contributed by atoms with Gasteiger partial charge in [-0.1, -0.05) is 37.7 Å². The number of aromatic nitrogens is 4. The van der Waals surface area contributed by atoms with Crippen molar-refractivity contribution in [2.75, 3.05) is 11.5 Å². The molecule has 30 heavy (non-hydrogen) atoms. The van der Waals surface area contributed by atoms with Crippen LogP contribution >= 0.6 is 27.7 Å². The normalized spacial score (nSPS) is 11.2. The van der Waals surface area contributed by atoms with Crippen molar-refractivity contribution in [2.45, 2.75) is 25.6 Å². The molecule has 9 nitrogen and oxygen atoms in total. The van der Waals surface area contributed by atoms with E-state index in [9.17, 15) is 14.4 Å². The minimum absolute atomic E-state index is 0.106. The van der Waals surface area contributed by atoms with Crippen LogP contribution < -0.4 is 17.0 Å². The molecule has 158 valence electrons. The van der Waals surface area contributed by atoms with Crippen LogP contribution in [0.25, 0.3) is 11.5 Å². The minimum atomic E-state index is -0.720. The quantitative estimate of drug-likeness (QED) is 0.393. The van der Waals surface area contributed by atoms with Crippen molar-refractivity contribution in [1.29, 1.82) is 0 Å². The number of hydrogen-bond donors (Lipinski definition) is 1. The van der Waals surface area contributed by atoms with E-state index in [1.807, 2.05) is 38.1 Å². The van der Waals surface area contributed by atoms with E-state index in [0.29, 0.717) is 12.4 Å². The number of nitrogen functional groups attached to an aromatic ring is 1. The lowest BCUT2D eigenvalue weighted by Crippen LogP contribution is -2.43. The van der Waals surface area contributed by atoms with Crippen molar-refractivity contribution in [3.8, 4) is 11.5 Å². The molecule has 3 rings (SSSR count). The predicted molar refractivity (Wildman–Crippen MR) is 118 cm³/mol. The maximum atomic E-state index is 12.8. The molecule has 0 saturated carbocycles. The molecule has 0 bridgehead atoms. The molecule has 0 aliphatic rings. The largest absolute Gasteiger partial charge is 0.411 e. The number of carbonyl (C=O) groups is 1. The number of anilines is 1. The van der Waals surface area contributed by atoms with Crippen LogP contribution in [0, 0.1) is 5.92 Å². The van der Waals surface area contributed by atoms with E-state index in [1.165, 1.54) is 11.6 Å². The number of halogens is 1. The lowest BCUT2D eigenvalue weighted by Gasteiger charge is -2.15. The van der Waals surface area contributed by atoms with E-state index in [2.05, 4.69) is 26.1 Å². The third kappa shape index (κ3) is 4.41. The van der Waals surface area contributed by atoms with Crippen molar-refractivity contribution < 1.29 is 9.21 Å². The molecule has 0 fully saturated rings. The lowest BCUT2D eigenvalue weighted by atomic mass is 10.2. The van der Waals surface area contributed by atoms with Crippen molar-refractivity contribution in [3.05, 3.63) is 55.1 Å². The van der Waals surface area contributed by atoms with E-state index < -0.39 is 17.0 Å². The summed E-state index contributed by atoms with van der Waals surface area (Å²) < 4.78 is 8.55. The van der Waals surface area contributed by atoms with Gasteiger partial charge in [0.25, 0.3) is 10.8 Å². The summed E-state index contributed by atoms with van der Waals surface area (Å²) in [5, 5.41) is 8.11. The number of rotatable bonds is 7. The summed E-state index contributed by atoms with van der Waals surface area (Å²) in [5.41, 5.74) is 5.27. The van der Waals surface area contributed by atoms with Gasteiger partial charge in [-0.25, -0.2) is 4.79 Å². The Labute approximate surface area is 184 Å². The van der Waals surface area contributed by atoms with E-state index in [-0.39, 0.29) is 28.3 Å². The molecular formula is C19H20BrN5O4S. The summed E-state index contributed by atoms with van der Waals surface area (Å²) in [6, 6.07) is 7.37. The number of hydrogen-bond acceptors (Lipinski definition) is 8. The Bertz CT molecular complexity index is 1210. The maximum Gasteiger partial charge on any atom is 0.332 e. The molecular weight excluding hydrogens is 474 g/mol. The van der Waals surface area contributed by atoms with Gasteiger partial charge < -0.3 is 10.2 Å². The van der Waals surface area contributed by atoms with E-state index in [0.717, 1.165) is 26.4 Å². The highest BCUT2D eigenvalue weighted by atomic mass is 79.9. The molecule has 0 spiro atoms. The van der Waals surface area contributed by atoms with Gasteiger partial charge in [-0.05, 0) is 34.0 Å². The Morgan fingerprint density at radius 1 is 1.27 bits per heavy atom. The van der Waals surface area contributed by atoms with Gasteiger partial charge in [-0.15, -0.1) is 10.2 Å². The number of thioether (sulfide) groups is 1. The fourth-order valence-corrected chi connectivity index (χ4v) is 3.89. The fourth-order valence-electron chi connectivity index (χ4n) is 2.80. The summed E-state index contributed by atoms with van der Waals surface area (Å²) >= 11 is 4.42. The molecule has 0 aliphatic heterocycles. The molecule has 0 aliphatic carbocycles. The van der Waals surface area contributed by atoms with Gasteiger partial charge >= 0.3 is 5.69 Å². The molecule has 0 radical (unpaired) electrons. The van der Waals surface area contributed by atoms with Gasteiger partial charge in [-0.2, -0.15) is 0 Å². The zero-order valence-corrected chi connectivity index (χ0v) is 19.0. The highest BCUT2D eigenvalue weighted by Crippen LogP contribution is 2.29. The Hall–Kier alpha value is -2.66. The second-order valence-corrected chi connectivity index (χ2v) is 8.76. The van der Waals surface area contributed by atoms with E-state index >= 15 is 0 Å². The molecule has 2 N–H and O–H groups in total. The van der Waals surface area contributed by atoms with Crippen molar-refractivity contribution in [2.24, 2.45) is 13.0 Å². The molecule has 2 heterocycles. The monoisotopic (exact) mass is 493 g/mol. The summed E-state index contributed by atoms with van der Waals surface area (Å²) in [4.78, 5) is 37.6. The zero-order chi connectivity index (χ0) is 22.0. The van der Waals surface area contributed by atoms with Gasteiger partial charge in [0.2, 0.25) is 5.89 Å². The highest BCUT2D eigenvalue weighted by Gasteiger charge is 2.23. The van der Waals surface area contributed by atoms with Crippen molar-refractivity contribution in [3.63, 3.8) is 0 Å². The zero-order valence-electron chi connectivity index (χ0n) is 16.6. The number of nitrogens with zero attached hydrogens (tertiary/aromatic N) is 4. The summed E-state index contributed by atoms with van der Waals surface area (Å²) in [6.07, 6.45) is 0. The van der Waals surface area contributed by atoms with Crippen molar-refractivity contribution >= 4 is 39.3 Å². The summed E-state index contributed by atoms with van der Waals surface area (Å²) in [7, 11) is 1.33. The summed E-state index contributed by atoms with van der Waals surface area (Å²) in [6.45, 7) is 4.12. The molecule has 0 unspecified atom stereocenters. The van der Waals surface area contributed by atoms with Crippen LogP contribution in [0.1, 0.15) is 24.2 Å². The number of nitrogens with two attached hydrogens (primary N) is 1. The van der Waals surface area contributed by atoms with Crippen molar-refractivity contribution in [1.82, 2.24) is 19.3 Å². The smallest absolute Gasteiger partial charge is 0.332 e. The second-order valence-electron chi connectivity index (χ2n) is 6.98. The van der Waals surface area contributed by atoms with Crippen LogP contribution in [0.5, 0.6) is 0 Å². The standard InChI is InChI=1S/C19H20BrN5O4S/c1-10(2)8-25-15(21)14(17(27)24(3)19(25)28)13(26)9-30-18-23-22-16(29-18)11-6-4-5-7-12(11)20/h4-7,10H,8-9,21H2,1-3H3. The first-order valence-electron chi connectivity index (χ1n) is 9.04. The Morgan fingerprint density at radius 2 is 1.97 bits per heavy atom. The predicted octanol–water partition coefficient (Wildman–Crippen LogP) is 2.57. The Morgan fingerprint density at radius 3 is 2.63 bits per heavy atom. The van der Waals surface area contributed by atoms with Gasteiger partial charge in [0.05, 0.1) is 11.3 Å².